The van der Waals surface area contributed by atoms with Gasteiger partial charge in [0.2, 0.25) is 0 Å². The van der Waals surface area contributed by atoms with E-state index in [4.69, 9.17) is 39.1 Å². The van der Waals surface area contributed by atoms with Crippen molar-refractivity contribution in [2.24, 2.45) is 0 Å². The molecule has 124 valence electrons. The second-order valence-corrected chi connectivity index (χ2v) is 14.3. The van der Waals surface area contributed by atoms with Gasteiger partial charge in [-0.15, -0.1) is 0 Å². The number of benzene rings is 2. The van der Waals surface area contributed by atoms with Gasteiger partial charge in [0.15, 0.2) is 0 Å². The predicted octanol–water partition coefficient (Wildman–Crippen LogP) is 2.74. The number of halogens is 2. The molecule has 0 saturated heterocycles. The first kappa shape index (κ1) is 16.6. The van der Waals surface area contributed by atoms with Crippen molar-refractivity contribution in [1.82, 2.24) is 0 Å². The monoisotopic (exact) mass is 422 g/mol. The van der Waals surface area contributed by atoms with Crippen molar-refractivity contribution in [1.29, 1.82) is 0 Å². The normalized spacial score (nSPS) is 15.4. The van der Waals surface area contributed by atoms with Crippen LogP contribution >= 0.6 is 20.2 Å². The van der Waals surface area contributed by atoms with Crippen LogP contribution in [0.3, 0.4) is 0 Å². The van der Waals surface area contributed by atoms with Crippen LogP contribution in [0.5, 0.6) is 23.0 Å². The van der Waals surface area contributed by atoms with E-state index in [0.717, 1.165) is 20.1 Å². The summed E-state index contributed by atoms with van der Waals surface area (Å²) in [6, 6.07) is 7.55. The molecule has 0 atom stereocenters. The summed E-state index contributed by atoms with van der Waals surface area (Å²) in [6.45, 7) is 0. The number of hydrogen-bond acceptors (Lipinski definition) is 4. The zero-order valence-corrected chi connectivity index (χ0v) is 16.3. The number of fused-ring (bicyclic) bond motifs is 3. The average Bonchev–Trinajstić information content (AvgIpc) is 2.79. The van der Waals surface area contributed by atoms with Crippen LogP contribution in [-0.2, 0) is 0 Å². The molecule has 23 heavy (non-hydrogen) atoms. The fourth-order valence-corrected chi connectivity index (χ4v) is 8.77. The summed E-state index contributed by atoms with van der Waals surface area (Å²) in [5, 5.41) is 0. The first-order valence-corrected chi connectivity index (χ1v) is 12.9. The molecule has 0 spiro atoms. The molecule has 0 fully saturated rings. The van der Waals surface area contributed by atoms with Crippen molar-refractivity contribution >= 4 is 40.1 Å². The summed E-state index contributed by atoms with van der Waals surface area (Å²) in [5.74, 6) is 2.49. The summed E-state index contributed by atoms with van der Waals surface area (Å²) >= 11 is -3.08. The molecule has 2 aromatic carbocycles. The van der Waals surface area contributed by atoms with Gasteiger partial charge in [0.1, 0.15) is 0 Å². The van der Waals surface area contributed by atoms with Crippen LogP contribution < -0.4 is 27.9 Å². The van der Waals surface area contributed by atoms with Gasteiger partial charge in [-0.25, -0.2) is 0 Å². The minimum absolute atomic E-state index is 0.612. The van der Waals surface area contributed by atoms with E-state index in [0.29, 0.717) is 23.0 Å². The third kappa shape index (κ3) is 2.43. The summed E-state index contributed by atoms with van der Waals surface area (Å²) in [5.41, 5.74) is 1.90. The SMILES string of the molecule is COc1cc2c(cc1OC)[Se](Cl)(Cl)c1cc(OC)c(OC)cc1-2. The maximum absolute atomic E-state index is 6.81. The summed E-state index contributed by atoms with van der Waals surface area (Å²) in [7, 11) is 20.0. The Morgan fingerprint density at radius 2 is 0.913 bits per heavy atom. The van der Waals surface area contributed by atoms with Crippen LogP contribution in [0, 0.1) is 0 Å². The molecular weight excluding hydrogens is 406 g/mol. The molecule has 1 heterocycles. The van der Waals surface area contributed by atoms with Crippen molar-refractivity contribution in [3.63, 3.8) is 0 Å². The second-order valence-electron chi connectivity index (χ2n) is 4.88. The number of methoxy groups -OCH3 is 4. The van der Waals surface area contributed by atoms with Gasteiger partial charge >= 0.3 is 146 Å². The number of ether oxygens (including phenoxy) is 4. The Bertz CT molecular complexity index is 714. The van der Waals surface area contributed by atoms with Crippen molar-refractivity contribution in [3.8, 4) is 34.1 Å². The first-order valence-electron chi connectivity index (χ1n) is 6.73. The molecule has 1 aliphatic rings. The van der Waals surface area contributed by atoms with Crippen LogP contribution in [0.25, 0.3) is 11.1 Å². The molecule has 0 saturated carbocycles. The Balaban J connectivity index is 2.31. The van der Waals surface area contributed by atoms with Crippen molar-refractivity contribution in [2.75, 3.05) is 28.4 Å². The number of rotatable bonds is 4. The van der Waals surface area contributed by atoms with Gasteiger partial charge in [0.25, 0.3) is 0 Å². The van der Waals surface area contributed by atoms with Crippen molar-refractivity contribution < 1.29 is 18.9 Å². The van der Waals surface area contributed by atoms with E-state index >= 15 is 0 Å². The minimum atomic E-state index is -3.08. The molecule has 0 aliphatic carbocycles. The van der Waals surface area contributed by atoms with Gasteiger partial charge in [0.05, 0.1) is 0 Å². The first-order chi connectivity index (χ1) is 11.0. The standard InChI is InChI=1S/C16H16Cl2O4Se/c1-19-11-5-9-10-6-12(20-2)14(22-4)8-16(10)23(17,18)15(9)7-13(11)21-3/h5-8H,1-4H3. The fraction of sp³-hybridized carbons (Fsp3) is 0.250. The average molecular weight is 422 g/mol. The third-order valence-corrected chi connectivity index (χ3v) is 11.0. The Morgan fingerprint density at radius 1 is 0.609 bits per heavy atom. The van der Waals surface area contributed by atoms with E-state index < -0.39 is 11.0 Å². The molecule has 2 aromatic rings. The second kappa shape index (κ2) is 5.99. The van der Waals surface area contributed by atoms with Gasteiger partial charge in [0, 0.05) is 0 Å². The molecular formula is C16H16Cl2O4Se. The van der Waals surface area contributed by atoms with E-state index in [1.54, 1.807) is 28.4 Å². The maximum atomic E-state index is 6.81. The Hall–Kier alpha value is -1.26. The van der Waals surface area contributed by atoms with Crippen LogP contribution in [0.2, 0.25) is 0 Å². The predicted molar refractivity (Wildman–Crippen MR) is 94.8 cm³/mol. The van der Waals surface area contributed by atoms with Crippen molar-refractivity contribution in [3.05, 3.63) is 24.3 Å². The van der Waals surface area contributed by atoms with E-state index in [1.165, 1.54) is 0 Å². The van der Waals surface area contributed by atoms with Crippen molar-refractivity contribution in [2.45, 2.75) is 0 Å². The molecule has 1 aliphatic heterocycles. The van der Waals surface area contributed by atoms with Crippen LogP contribution in [0.4, 0.5) is 0 Å². The Morgan fingerprint density at radius 3 is 1.22 bits per heavy atom. The van der Waals surface area contributed by atoms with Crippen LogP contribution in [-0.4, -0.2) is 39.5 Å². The molecule has 0 unspecified atom stereocenters. The zero-order chi connectivity index (χ0) is 16.8. The van der Waals surface area contributed by atoms with E-state index in [2.05, 4.69) is 0 Å². The van der Waals surface area contributed by atoms with Crippen LogP contribution in [0.1, 0.15) is 0 Å². The molecule has 0 N–H and O–H groups in total. The van der Waals surface area contributed by atoms with Crippen LogP contribution in [0.15, 0.2) is 24.3 Å². The van der Waals surface area contributed by atoms with Gasteiger partial charge < -0.3 is 0 Å². The van der Waals surface area contributed by atoms with E-state index in [-0.39, 0.29) is 0 Å². The summed E-state index contributed by atoms with van der Waals surface area (Å²) in [6.07, 6.45) is 0. The van der Waals surface area contributed by atoms with Gasteiger partial charge in [-0.2, -0.15) is 0 Å². The topological polar surface area (TPSA) is 36.9 Å². The Kier molecular flexibility index (Phi) is 4.32. The quantitative estimate of drug-likeness (QED) is 0.711. The van der Waals surface area contributed by atoms with Gasteiger partial charge in [-0.1, -0.05) is 0 Å². The van der Waals surface area contributed by atoms with E-state index in [9.17, 15) is 0 Å². The molecule has 3 rings (SSSR count). The molecule has 7 heteroatoms. The molecule has 0 radical (unpaired) electrons. The summed E-state index contributed by atoms with van der Waals surface area (Å²) < 4.78 is 23.3. The van der Waals surface area contributed by atoms with E-state index in [1.807, 2.05) is 24.3 Å². The van der Waals surface area contributed by atoms with Gasteiger partial charge in [-0.05, 0) is 0 Å². The molecule has 4 nitrogen and oxygen atoms in total. The Labute approximate surface area is 145 Å². The fourth-order valence-electron chi connectivity index (χ4n) is 2.68. The molecule has 0 bridgehead atoms. The zero-order valence-electron chi connectivity index (χ0n) is 13.1. The third-order valence-electron chi connectivity index (χ3n) is 3.81. The van der Waals surface area contributed by atoms with Gasteiger partial charge in [-0.3, -0.25) is 0 Å². The summed E-state index contributed by atoms with van der Waals surface area (Å²) in [4.78, 5) is 0. The molecule has 0 amide bonds. The molecule has 0 aromatic heterocycles. The number of hydrogen-bond donors (Lipinski definition) is 0.